The Hall–Kier alpha value is -1.47. The quantitative estimate of drug-likeness (QED) is 0.667. The number of carbonyl (C=O) groups excluding carboxylic acids is 1. The Bertz CT molecular complexity index is 569. The maximum absolute atomic E-state index is 12.5. The Morgan fingerprint density at radius 1 is 1.43 bits per heavy atom. The molecule has 1 aliphatic rings. The van der Waals surface area contributed by atoms with E-state index in [4.69, 9.17) is 0 Å². The van der Waals surface area contributed by atoms with Crippen LogP contribution in [0.5, 0.6) is 0 Å². The van der Waals surface area contributed by atoms with Crippen molar-refractivity contribution in [3.8, 4) is 0 Å². The molecule has 0 radical (unpaired) electrons. The van der Waals surface area contributed by atoms with E-state index < -0.39 is 4.92 Å². The molecular formula is C14H18BrN3O3. The van der Waals surface area contributed by atoms with Crippen LogP contribution in [0.1, 0.15) is 30.1 Å². The van der Waals surface area contributed by atoms with E-state index >= 15 is 0 Å². The second-order valence-electron chi connectivity index (χ2n) is 5.52. The molecule has 0 unspecified atom stereocenters. The van der Waals surface area contributed by atoms with Gasteiger partial charge >= 0.3 is 0 Å². The molecule has 1 N–H and O–H groups in total. The summed E-state index contributed by atoms with van der Waals surface area (Å²) < 4.78 is 0.583. The van der Waals surface area contributed by atoms with Gasteiger partial charge < -0.3 is 10.2 Å². The molecule has 0 spiro atoms. The van der Waals surface area contributed by atoms with E-state index in [0.717, 1.165) is 12.8 Å². The number of non-ortho nitro benzene ring substituents is 1. The van der Waals surface area contributed by atoms with E-state index in [2.05, 4.69) is 28.2 Å². The summed E-state index contributed by atoms with van der Waals surface area (Å²) in [6.07, 6.45) is 1.73. The lowest BCUT2D eigenvalue weighted by Crippen LogP contribution is -2.51. The number of nitro groups is 1. The Kier molecular flexibility index (Phi) is 4.63. The summed E-state index contributed by atoms with van der Waals surface area (Å²) >= 11 is 3.30. The number of hydrogen-bond acceptors (Lipinski definition) is 4. The molecular weight excluding hydrogens is 338 g/mol. The van der Waals surface area contributed by atoms with Crippen molar-refractivity contribution in [3.63, 3.8) is 0 Å². The van der Waals surface area contributed by atoms with Crippen molar-refractivity contribution in [1.29, 1.82) is 0 Å². The summed E-state index contributed by atoms with van der Waals surface area (Å²) in [6.45, 7) is 3.43. The van der Waals surface area contributed by atoms with Gasteiger partial charge in [0.1, 0.15) is 0 Å². The highest BCUT2D eigenvalue weighted by atomic mass is 79.9. The minimum Gasteiger partial charge on any atom is -0.338 e. The molecule has 0 aromatic heterocycles. The maximum Gasteiger partial charge on any atom is 0.270 e. The zero-order valence-electron chi connectivity index (χ0n) is 12.1. The summed E-state index contributed by atoms with van der Waals surface area (Å²) in [4.78, 5) is 24.7. The lowest BCUT2D eigenvalue weighted by molar-refractivity contribution is -0.384. The number of hydrogen-bond donors (Lipinski definition) is 1. The first-order valence-corrected chi connectivity index (χ1v) is 7.58. The van der Waals surface area contributed by atoms with E-state index in [9.17, 15) is 14.9 Å². The highest BCUT2D eigenvalue weighted by molar-refractivity contribution is 9.10. The first-order valence-electron chi connectivity index (χ1n) is 6.78. The van der Waals surface area contributed by atoms with Crippen LogP contribution in [0.3, 0.4) is 0 Å². The van der Waals surface area contributed by atoms with Crippen molar-refractivity contribution in [2.24, 2.45) is 0 Å². The number of halogens is 1. The smallest absolute Gasteiger partial charge is 0.270 e. The van der Waals surface area contributed by atoms with Gasteiger partial charge in [0.25, 0.3) is 11.6 Å². The van der Waals surface area contributed by atoms with E-state index in [-0.39, 0.29) is 17.1 Å². The van der Waals surface area contributed by atoms with Crippen molar-refractivity contribution >= 4 is 27.5 Å². The molecule has 1 aliphatic heterocycles. The topological polar surface area (TPSA) is 75.5 Å². The van der Waals surface area contributed by atoms with E-state index in [0.29, 0.717) is 23.1 Å². The number of nitro benzene ring substituents is 1. The van der Waals surface area contributed by atoms with E-state index in [1.807, 2.05) is 7.05 Å². The number of piperidine rings is 1. The third-order valence-electron chi connectivity index (χ3n) is 4.15. The highest BCUT2D eigenvalue weighted by Crippen LogP contribution is 2.27. The number of carbonyl (C=O) groups is 1. The largest absolute Gasteiger partial charge is 0.338 e. The fraction of sp³-hybridized carbons (Fsp3) is 0.500. The van der Waals surface area contributed by atoms with Crippen molar-refractivity contribution in [1.82, 2.24) is 10.2 Å². The maximum atomic E-state index is 12.5. The van der Waals surface area contributed by atoms with Gasteiger partial charge in [0.15, 0.2) is 0 Å². The number of amides is 1. The van der Waals surface area contributed by atoms with Crippen LogP contribution < -0.4 is 5.32 Å². The number of rotatable bonds is 3. The summed E-state index contributed by atoms with van der Waals surface area (Å²) in [6, 6.07) is 4.26. The average Bonchev–Trinajstić information content (AvgIpc) is 2.47. The van der Waals surface area contributed by atoms with Crippen LogP contribution in [0.4, 0.5) is 5.69 Å². The van der Waals surface area contributed by atoms with Gasteiger partial charge in [0, 0.05) is 35.2 Å². The number of nitrogens with one attached hydrogen (secondary N) is 1. The SMILES string of the molecule is CNC1(C)CCN(C(=O)c2cc([N+](=O)[O-])ccc2Br)CC1. The van der Waals surface area contributed by atoms with E-state index in [1.54, 1.807) is 11.0 Å². The highest BCUT2D eigenvalue weighted by Gasteiger charge is 2.31. The molecule has 0 atom stereocenters. The standard InChI is InChI=1S/C14H18BrN3O3/c1-14(16-2)5-7-17(8-6-14)13(19)11-9-10(18(20)21)3-4-12(11)15/h3-4,9,16H,5-8H2,1-2H3. The molecule has 1 heterocycles. The Labute approximate surface area is 131 Å². The summed E-state index contributed by atoms with van der Waals surface area (Å²) in [5, 5.41) is 14.1. The molecule has 1 fully saturated rings. The number of benzene rings is 1. The monoisotopic (exact) mass is 355 g/mol. The molecule has 1 saturated heterocycles. The van der Waals surface area contributed by atoms with Crippen LogP contribution >= 0.6 is 15.9 Å². The van der Waals surface area contributed by atoms with Crippen LogP contribution in [0.15, 0.2) is 22.7 Å². The zero-order valence-corrected chi connectivity index (χ0v) is 13.6. The second-order valence-corrected chi connectivity index (χ2v) is 6.38. The number of nitrogens with zero attached hydrogens (tertiary/aromatic N) is 2. The molecule has 0 saturated carbocycles. The van der Waals surface area contributed by atoms with Gasteiger partial charge in [0.2, 0.25) is 0 Å². The lowest BCUT2D eigenvalue weighted by atomic mass is 9.89. The minimum absolute atomic E-state index is 0.0523. The molecule has 1 aromatic carbocycles. The van der Waals surface area contributed by atoms with Crippen molar-refractivity contribution in [2.75, 3.05) is 20.1 Å². The molecule has 114 valence electrons. The molecule has 2 rings (SSSR count). The summed E-state index contributed by atoms with van der Waals surface area (Å²) in [7, 11) is 1.93. The van der Waals surface area contributed by atoms with Crippen molar-refractivity contribution in [3.05, 3.63) is 38.3 Å². The molecule has 1 aromatic rings. The normalized spacial score (nSPS) is 17.6. The molecule has 21 heavy (non-hydrogen) atoms. The molecule has 1 amide bonds. The Morgan fingerprint density at radius 2 is 2.05 bits per heavy atom. The van der Waals surface area contributed by atoms with Crippen molar-refractivity contribution < 1.29 is 9.72 Å². The summed E-state index contributed by atoms with van der Waals surface area (Å²) in [5.74, 6) is -0.163. The third kappa shape index (κ3) is 3.41. The van der Waals surface area contributed by atoms with Gasteiger partial charge in [0.05, 0.1) is 10.5 Å². The van der Waals surface area contributed by atoms with Gasteiger partial charge in [-0.15, -0.1) is 0 Å². The molecule has 0 bridgehead atoms. The van der Waals surface area contributed by atoms with Crippen LogP contribution in [0, 0.1) is 10.1 Å². The molecule has 6 nitrogen and oxygen atoms in total. The predicted molar refractivity (Wildman–Crippen MR) is 83.4 cm³/mol. The Balaban J connectivity index is 2.18. The first kappa shape index (κ1) is 15.9. The van der Waals surface area contributed by atoms with Gasteiger partial charge in [-0.2, -0.15) is 0 Å². The fourth-order valence-electron chi connectivity index (χ4n) is 2.41. The fourth-order valence-corrected chi connectivity index (χ4v) is 2.83. The zero-order chi connectivity index (χ0) is 15.6. The second kappa shape index (κ2) is 6.11. The summed E-state index contributed by atoms with van der Waals surface area (Å²) in [5.41, 5.74) is 0.326. The van der Waals surface area contributed by atoms with Crippen LogP contribution in [-0.4, -0.2) is 41.4 Å². The predicted octanol–water partition coefficient (Wildman–Crippen LogP) is 2.57. The lowest BCUT2D eigenvalue weighted by Gasteiger charge is -2.39. The number of likely N-dealkylation sites (tertiary alicyclic amines) is 1. The van der Waals surface area contributed by atoms with E-state index in [1.165, 1.54) is 12.1 Å². The van der Waals surface area contributed by atoms with Crippen molar-refractivity contribution in [2.45, 2.75) is 25.3 Å². The van der Waals surface area contributed by atoms with Crippen LogP contribution in [-0.2, 0) is 0 Å². The van der Waals surface area contributed by atoms with Gasteiger partial charge in [-0.25, -0.2) is 0 Å². The van der Waals surface area contributed by atoms with Crippen LogP contribution in [0.2, 0.25) is 0 Å². The molecule has 0 aliphatic carbocycles. The van der Waals surface area contributed by atoms with Crippen LogP contribution in [0.25, 0.3) is 0 Å². The minimum atomic E-state index is -0.489. The van der Waals surface area contributed by atoms with Gasteiger partial charge in [-0.3, -0.25) is 14.9 Å². The third-order valence-corrected chi connectivity index (χ3v) is 4.84. The van der Waals surface area contributed by atoms with Gasteiger partial charge in [-0.1, -0.05) is 0 Å². The molecule has 7 heteroatoms. The Morgan fingerprint density at radius 3 is 2.57 bits per heavy atom. The van der Waals surface area contributed by atoms with Gasteiger partial charge in [-0.05, 0) is 48.8 Å². The first-order chi connectivity index (χ1) is 9.86. The average molecular weight is 356 g/mol.